The van der Waals surface area contributed by atoms with Gasteiger partial charge in [0, 0.05) is 35.4 Å². The van der Waals surface area contributed by atoms with E-state index in [9.17, 15) is 15.0 Å². The Morgan fingerprint density at radius 2 is 1.79 bits per heavy atom. The van der Waals surface area contributed by atoms with E-state index in [1.54, 1.807) is 44.6 Å². The molecule has 0 aliphatic carbocycles. The van der Waals surface area contributed by atoms with Gasteiger partial charge in [0.25, 0.3) is 5.91 Å². The Hall–Kier alpha value is -3.67. The number of hydrogen-bond acceptors (Lipinski definition) is 5. The Kier molecular flexibility index (Phi) is 5.69. The lowest BCUT2D eigenvalue weighted by molar-refractivity contribution is 0.0951. The van der Waals surface area contributed by atoms with Crippen LogP contribution in [0.2, 0.25) is 0 Å². The fourth-order valence-electron chi connectivity index (χ4n) is 2.84. The first kappa shape index (κ1) is 19.1. The largest absolute Gasteiger partial charge is 0.508 e. The first-order valence-corrected chi connectivity index (χ1v) is 8.63. The molecule has 1 amide bonds. The molecule has 0 saturated carbocycles. The number of rotatable bonds is 6. The molecule has 144 valence electrons. The second-order valence-electron chi connectivity index (χ2n) is 6.14. The van der Waals surface area contributed by atoms with Crippen molar-refractivity contribution in [1.82, 2.24) is 5.32 Å². The summed E-state index contributed by atoms with van der Waals surface area (Å²) in [6, 6.07) is 16.9. The van der Waals surface area contributed by atoms with Crippen LogP contribution in [-0.4, -0.2) is 30.3 Å². The number of phenols is 2. The van der Waals surface area contributed by atoms with Gasteiger partial charge in [0.1, 0.15) is 23.0 Å². The fourth-order valence-corrected chi connectivity index (χ4v) is 2.84. The van der Waals surface area contributed by atoms with Gasteiger partial charge in [-0.3, -0.25) is 4.79 Å². The third-order valence-corrected chi connectivity index (χ3v) is 4.35. The number of aromatic hydroxyl groups is 2. The molecule has 6 heteroatoms. The van der Waals surface area contributed by atoms with Crippen LogP contribution in [0.15, 0.2) is 60.7 Å². The molecule has 3 rings (SSSR count). The average molecular weight is 379 g/mol. The predicted molar refractivity (Wildman–Crippen MR) is 106 cm³/mol. The highest BCUT2D eigenvalue weighted by atomic mass is 16.5. The zero-order valence-electron chi connectivity index (χ0n) is 15.6. The van der Waals surface area contributed by atoms with Crippen LogP contribution in [0.4, 0.5) is 0 Å². The Morgan fingerprint density at radius 3 is 2.50 bits per heavy atom. The van der Waals surface area contributed by atoms with Gasteiger partial charge >= 0.3 is 0 Å². The number of methoxy groups -OCH3 is 2. The van der Waals surface area contributed by atoms with Crippen molar-refractivity contribution >= 4 is 5.91 Å². The van der Waals surface area contributed by atoms with Crippen molar-refractivity contribution in [2.24, 2.45) is 0 Å². The van der Waals surface area contributed by atoms with Gasteiger partial charge in [-0.25, -0.2) is 0 Å². The van der Waals surface area contributed by atoms with Crippen molar-refractivity contribution in [3.05, 3.63) is 71.8 Å². The van der Waals surface area contributed by atoms with Gasteiger partial charge in [-0.05, 0) is 42.0 Å². The van der Waals surface area contributed by atoms with Gasteiger partial charge < -0.3 is 25.0 Å². The third kappa shape index (κ3) is 4.17. The summed E-state index contributed by atoms with van der Waals surface area (Å²) >= 11 is 0. The normalized spacial score (nSPS) is 10.4. The fraction of sp³-hybridized carbons (Fsp3) is 0.136. The topological polar surface area (TPSA) is 88.0 Å². The molecule has 0 atom stereocenters. The highest BCUT2D eigenvalue weighted by Crippen LogP contribution is 2.33. The van der Waals surface area contributed by atoms with E-state index in [1.807, 2.05) is 18.2 Å². The monoisotopic (exact) mass is 379 g/mol. The molecule has 3 aromatic rings. The van der Waals surface area contributed by atoms with Crippen LogP contribution in [0.25, 0.3) is 11.1 Å². The summed E-state index contributed by atoms with van der Waals surface area (Å²) in [5.74, 6) is 0.946. The van der Waals surface area contributed by atoms with Crippen LogP contribution in [0.1, 0.15) is 15.9 Å². The SMILES string of the molecule is COc1ccc(-c2cccc(C(=O)NCc3ccc(O)cc3O)c2)c(OC)c1. The van der Waals surface area contributed by atoms with Crippen molar-refractivity contribution in [1.29, 1.82) is 0 Å². The lowest BCUT2D eigenvalue weighted by Crippen LogP contribution is -2.22. The van der Waals surface area contributed by atoms with Gasteiger partial charge in [-0.15, -0.1) is 0 Å². The Bertz CT molecular complexity index is 1000. The van der Waals surface area contributed by atoms with Crippen LogP contribution in [-0.2, 0) is 6.54 Å². The molecule has 3 N–H and O–H groups in total. The minimum Gasteiger partial charge on any atom is -0.508 e. The summed E-state index contributed by atoms with van der Waals surface area (Å²) in [4.78, 5) is 12.5. The van der Waals surface area contributed by atoms with Gasteiger partial charge in [0.05, 0.1) is 14.2 Å². The van der Waals surface area contributed by atoms with Crippen LogP contribution < -0.4 is 14.8 Å². The first-order chi connectivity index (χ1) is 13.5. The van der Waals surface area contributed by atoms with E-state index in [2.05, 4.69) is 5.32 Å². The summed E-state index contributed by atoms with van der Waals surface area (Å²) in [7, 11) is 3.17. The maximum atomic E-state index is 12.5. The summed E-state index contributed by atoms with van der Waals surface area (Å²) in [5, 5.41) is 21.9. The maximum Gasteiger partial charge on any atom is 0.251 e. The van der Waals surface area contributed by atoms with E-state index in [-0.39, 0.29) is 24.0 Å². The smallest absolute Gasteiger partial charge is 0.251 e. The van der Waals surface area contributed by atoms with Crippen molar-refractivity contribution in [2.75, 3.05) is 14.2 Å². The quantitative estimate of drug-likeness (QED) is 0.608. The summed E-state index contributed by atoms with van der Waals surface area (Å²) in [6.07, 6.45) is 0. The third-order valence-electron chi connectivity index (χ3n) is 4.35. The molecule has 0 radical (unpaired) electrons. The molecule has 0 spiro atoms. The van der Waals surface area contributed by atoms with Gasteiger partial charge in [-0.1, -0.05) is 12.1 Å². The zero-order chi connectivity index (χ0) is 20.1. The van der Waals surface area contributed by atoms with E-state index in [0.717, 1.165) is 11.1 Å². The Labute approximate surface area is 163 Å². The molecule has 0 aliphatic rings. The summed E-state index contributed by atoms with van der Waals surface area (Å²) in [5.41, 5.74) is 2.67. The molecule has 0 saturated heterocycles. The number of carbonyl (C=O) groups excluding carboxylic acids is 1. The second-order valence-corrected chi connectivity index (χ2v) is 6.14. The van der Waals surface area contributed by atoms with Crippen LogP contribution in [0, 0.1) is 0 Å². The molecule has 3 aromatic carbocycles. The van der Waals surface area contributed by atoms with Crippen LogP contribution in [0.5, 0.6) is 23.0 Å². The zero-order valence-corrected chi connectivity index (χ0v) is 15.6. The number of hydrogen-bond donors (Lipinski definition) is 3. The lowest BCUT2D eigenvalue weighted by atomic mass is 10.0. The number of amides is 1. The maximum absolute atomic E-state index is 12.5. The molecule has 0 unspecified atom stereocenters. The number of phenolic OH excluding ortho intramolecular Hbond substituents is 2. The number of benzene rings is 3. The van der Waals surface area contributed by atoms with Gasteiger partial charge in [0.2, 0.25) is 0 Å². The molecular weight excluding hydrogens is 358 g/mol. The predicted octanol–water partition coefficient (Wildman–Crippen LogP) is 3.71. The van der Waals surface area contributed by atoms with Crippen molar-refractivity contribution < 1.29 is 24.5 Å². The first-order valence-electron chi connectivity index (χ1n) is 8.63. The van der Waals surface area contributed by atoms with Crippen molar-refractivity contribution in [3.8, 4) is 34.1 Å². The van der Waals surface area contributed by atoms with E-state index < -0.39 is 0 Å². The molecule has 28 heavy (non-hydrogen) atoms. The highest BCUT2D eigenvalue weighted by Gasteiger charge is 2.12. The van der Waals surface area contributed by atoms with E-state index in [1.165, 1.54) is 12.1 Å². The van der Waals surface area contributed by atoms with Crippen molar-refractivity contribution in [3.63, 3.8) is 0 Å². The van der Waals surface area contributed by atoms with E-state index in [0.29, 0.717) is 22.6 Å². The van der Waals surface area contributed by atoms with Gasteiger partial charge in [0.15, 0.2) is 0 Å². The lowest BCUT2D eigenvalue weighted by Gasteiger charge is -2.12. The van der Waals surface area contributed by atoms with Crippen LogP contribution in [0.3, 0.4) is 0 Å². The average Bonchev–Trinajstić information content (AvgIpc) is 2.72. The molecule has 0 fully saturated rings. The molecular formula is C22H21NO5. The molecule has 6 nitrogen and oxygen atoms in total. The number of ether oxygens (including phenoxy) is 2. The Balaban J connectivity index is 1.80. The minimum atomic E-state index is -0.276. The molecule has 0 aromatic heterocycles. The van der Waals surface area contributed by atoms with E-state index in [4.69, 9.17) is 9.47 Å². The van der Waals surface area contributed by atoms with Gasteiger partial charge in [-0.2, -0.15) is 0 Å². The second kappa shape index (κ2) is 8.35. The number of carbonyl (C=O) groups is 1. The molecule has 0 heterocycles. The Morgan fingerprint density at radius 1 is 0.964 bits per heavy atom. The highest BCUT2D eigenvalue weighted by molar-refractivity contribution is 5.95. The van der Waals surface area contributed by atoms with Crippen LogP contribution >= 0.6 is 0 Å². The molecule has 0 bridgehead atoms. The van der Waals surface area contributed by atoms with Crippen molar-refractivity contribution in [2.45, 2.75) is 6.54 Å². The molecule has 0 aliphatic heterocycles. The minimum absolute atomic E-state index is 0.0336. The summed E-state index contributed by atoms with van der Waals surface area (Å²) in [6.45, 7) is 0.140. The summed E-state index contributed by atoms with van der Waals surface area (Å²) < 4.78 is 10.7. The van der Waals surface area contributed by atoms with E-state index >= 15 is 0 Å². The standard InChI is InChI=1S/C22H21NO5/c1-27-18-8-9-19(21(12-18)28-2)14-4-3-5-15(10-14)22(26)23-13-16-6-7-17(24)11-20(16)25/h3-12,24-25H,13H2,1-2H3,(H,23,26). The number of nitrogens with one attached hydrogen (secondary N) is 1.